The Labute approximate surface area is 208 Å². The Balaban J connectivity index is 1.23. The third kappa shape index (κ3) is 3.94. The van der Waals surface area contributed by atoms with E-state index in [1.165, 1.54) is 38.5 Å². The topological polar surface area (TPSA) is 43.3 Å². The Hall–Kier alpha value is -3.67. The minimum atomic E-state index is -0.407. The van der Waals surface area contributed by atoms with Crippen molar-refractivity contribution >= 4 is 16.8 Å². The summed E-state index contributed by atoms with van der Waals surface area (Å²) in [5.74, 6) is -0.678. The molecule has 0 atom stereocenters. The molecule has 2 aliphatic carbocycles. The summed E-state index contributed by atoms with van der Waals surface area (Å²) in [6.45, 7) is 0.483. The molecule has 1 N–H and O–H groups in total. The lowest BCUT2D eigenvalue weighted by molar-refractivity contribution is -0.000603. The van der Waals surface area contributed by atoms with Crippen LogP contribution in [0.3, 0.4) is 0 Å². The minimum Gasteiger partial charge on any atom is -0.494 e. The zero-order chi connectivity index (χ0) is 24.9. The monoisotopic (exact) mass is 486 g/mol. The summed E-state index contributed by atoms with van der Waals surface area (Å²) in [5.41, 5.74) is 4.20. The van der Waals surface area contributed by atoms with Crippen molar-refractivity contribution in [3.05, 3.63) is 89.6 Å². The van der Waals surface area contributed by atoms with Gasteiger partial charge in [-0.05, 0) is 78.1 Å². The highest BCUT2D eigenvalue weighted by atomic mass is 19.1. The molecule has 0 bridgehead atoms. The number of benzene rings is 3. The Kier molecular flexibility index (Phi) is 5.55. The van der Waals surface area contributed by atoms with Crippen LogP contribution in [0.4, 0.5) is 8.78 Å². The van der Waals surface area contributed by atoms with Crippen LogP contribution >= 0.6 is 0 Å². The number of carbonyl (C=O) groups is 1. The maximum Gasteiger partial charge on any atom is 0.253 e. The Morgan fingerprint density at radius 2 is 1.75 bits per heavy atom. The third-order valence-corrected chi connectivity index (χ3v) is 8.02. The molecule has 4 nitrogen and oxygen atoms in total. The number of methoxy groups -OCH3 is 1. The predicted octanol–water partition coefficient (Wildman–Crippen LogP) is 6.71. The summed E-state index contributed by atoms with van der Waals surface area (Å²) in [6.07, 6.45) is 7.77. The molecule has 0 radical (unpaired) electrons. The average Bonchev–Trinajstić information content (AvgIpc) is 3.25. The normalized spacial score (nSPS) is 16.5. The van der Waals surface area contributed by atoms with E-state index in [4.69, 9.17) is 4.74 Å². The third-order valence-electron chi connectivity index (χ3n) is 8.02. The van der Waals surface area contributed by atoms with E-state index >= 15 is 0 Å². The van der Waals surface area contributed by atoms with Crippen molar-refractivity contribution in [3.63, 3.8) is 0 Å². The first kappa shape index (κ1) is 22.8. The summed E-state index contributed by atoms with van der Waals surface area (Å²) in [7, 11) is 1.44. The first-order valence-corrected chi connectivity index (χ1v) is 12.5. The van der Waals surface area contributed by atoms with E-state index in [2.05, 4.69) is 5.32 Å². The zero-order valence-corrected chi connectivity index (χ0v) is 20.2. The number of rotatable bonds is 6. The molecule has 1 amide bonds. The van der Waals surface area contributed by atoms with Gasteiger partial charge in [-0.25, -0.2) is 8.78 Å². The van der Waals surface area contributed by atoms with Gasteiger partial charge in [0, 0.05) is 24.2 Å². The molecule has 0 saturated heterocycles. The molecule has 3 aromatic carbocycles. The molecular formula is C30H28F2N2O2. The van der Waals surface area contributed by atoms with Crippen molar-refractivity contribution < 1.29 is 18.3 Å². The summed E-state index contributed by atoms with van der Waals surface area (Å²) in [5, 5.41) is 3.61. The first-order valence-electron chi connectivity index (χ1n) is 12.5. The number of nitrogens with one attached hydrogen (secondary N) is 1. The highest BCUT2D eigenvalue weighted by molar-refractivity contribution is 6.06. The van der Waals surface area contributed by atoms with Crippen molar-refractivity contribution in [2.75, 3.05) is 7.11 Å². The molecule has 1 heterocycles. The molecule has 4 aromatic rings. The largest absolute Gasteiger partial charge is 0.494 e. The van der Waals surface area contributed by atoms with Crippen molar-refractivity contribution in [3.8, 4) is 16.9 Å². The van der Waals surface area contributed by atoms with Crippen LogP contribution in [0.2, 0.25) is 0 Å². The highest BCUT2D eigenvalue weighted by Gasteiger charge is 2.48. The molecule has 184 valence electrons. The SMILES string of the molecule is COc1ccc(-c2ccc(Cn3ccc4c(F)ccc(C(=O)NC5CC6(CCC6)C5)c43)cc2)cc1F. The second-order valence-corrected chi connectivity index (χ2v) is 10.3. The van der Waals surface area contributed by atoms with Crippen molar-refractivity contribution in [1.82, 2.24) is 9.88 Å². The van der Waals surface area contributed by atoms with Crippen LogP contribution in [0.1, 0.15) is 48.0 Å². The van der Waals surface area contributed by atoms with Crippen LogP contribution in [0.5, 0.6) is 5.75 Å². The number of carbonyl (C=O) groups excluding carboxylic acids is 1. The van der Waals surface area contributed by atoms with E-state index in [1.54, 1.807) is 18.2 Å². The molecular weight excluding hydrogens is 458 g/mol. The fourth-order valence-electron chi connectivity index (χ4n) is 5.89. The quantitative estimate of drug-likeness (QED) is 0.329. The van der Waals surface area contributed by atoms with Crippen LogP contribution in [0, 0.1) is 17.0 Å². The van der Waals surface area contributed by atoms with Crippen molar-refractivity contribution in [2.24, 2.45) is 5.41 Å². The van der Waals surface area contributed by atoms with E-state index in [9.17, 15) is 13.6 Å². The lowest BCUT2D eigenvalue weighted by Crippen LogP contribution is -2.53. The smallest absolute Gasteiger partial charge is 0.253 e. The van der Waals surface area contributed by atoms with E-state index in [0.717, 1.165) is 29.5 Å². The van der Waals surface area contributed by atoms with Gasteiger partial charge in [0.25, 0.3) is 5.91 Å². The molecule has 6 rings (SSSR count). The Bertz CT molecular complexity index is 1450. The number of hydrogen-bond acceptors (Lipinski definition) is 2. The van der Waals surface area contributed by atoms with Crippen LogP contribution in [-0.4, -0.2) is 23.6 Å². The Morgan fingerprint density at radius 1 is 1.00 bits per heavy atom. The van der Waals surface area contributed by atoms with Gasteiger partial charge in [0.05, 0.1) is 18.2 Å². The van der Waals surface area contributed by atoms with Gasteiger partial charge < -0.3 is 14.6 Å². The van der Waals surface area contributed by atoms with Gasteiger partial charge >= 0.3 is 0 Å². The summed E-state index contributed by atoms with van der Waals surface area (Å²) in [4.78, 5) is 13.2. The molecule has 1 aromatic heterocycles. The summed E-state index contributed by atoms with van der Waals surface area (Å²) in [6, 6.07) is 17.6. The predicted molar refractivity (Wildman–Crippen MR) is 136 cm³/mol. The highest BCUT2D eigenvalue weighted by Crippen LogP contribution is 2.55. The van der Waals surface area contributed by atoms with Gasteiger partial charge in [-0.3, -0.25) is 4.79 Å². The second-order valence-electron chi connectivity index (χ2n) is 10.3. The molecule has 0 unspecified atom stereocenters. The van der Waals surface area contributed by atoms with Crippen molar-refractivity contribution in [1.29, 1.82) is 0 Å². The summed E-state index contributed by atoms with van der Waals surface area (Å²) < 4.78 is 35.7. The lowest BCUT2D eigenvalue weighted by Gasteiger charge is -2.54. The van der Waals surface area contributed by atoms with E-state index in [1.807, 2.05) is 41.1 Å². The van der Waals surface area contributed by atoms with Gasteiger partial charge in [0.2, 0.25) is 0 Å². The van der Waals surface area contributed by atoms with Gasteiger partial charge in [-0.2, -0.15) is 0 Å². The molecule has 0 aliphatic heterocycles. The summed E-state index contributed by atoms with van der Waals surface area (Å²) >= 11 is 0. The van der Waals surface area contributed by atoms with Crippen LogP contribution in [0.25, 0.3) is 22.0 Å². The molecule has 36 heavy (non-hydrogen) atoms. The maximum absolute atomic E-state index is 14.6. The minimum absolute atomic E-state index is 0.143. The first-order chi connectivity index (χ1) is 17.4. The van der Waals surface area contributed by atoms with Crippen LogP contribution in [-0.2, 0) is 6.54 Å². The molecule has 2 fully saturated rings. The van der Waals surface area contributed by atoms with Gasteiger partial charge in [-0.15, -0.1) is 0 Å². The van der Waals surface area contributed by atoms with Crippen LogP contribution in [0.15, 0.2) is 66.9 Å². The number of amides is 1. The van der Waals surface area contributed by atoms with Crippen molar-refractivity contribution in [2.45, 2.75) is 44.7 Å². The number of fused-ring (bicyclic) bond motifs is 1. The van der Waals surface area contributed by atoms with Gasteiger partial charge in [0.15, 0.2) is 11.6 Å². The fraction of sp³-hybridized carbons (Fsp3) is 0.300. The fourth-order valence-corrected chi connectivity index (χ4v) is 5.89. The zero-order valence-electron chi connectivity index (χ0n) is 20.2. The molecule has 2 aliphatic rings. The lowest BCUT2D eigenvalue weighted by atomic mass is 9.54. The van der Waals surface area contributed by atoms with Crippen LogP contribution < -0.4 is 10.1 Å². The van der Waals surface area contributed by atoms with Gasteiger partial charge in [-0.1, -0.05) is 36.8 Å². The maximum atomic E-state index is 14.6. The number of halogens is 2. The number of nitrogens with zero attached hydrogens (tertiary/aromatic N) is 1. The average molecular weight is 487 g/mol. The van der Waals surface area contributed by atoms with E-state index in [-0.39, 0.29) is 23.5 Å². The molecule has 2 saturated carbocycles. The number of ether oxygens (including phenoxy) is 1. The number of aromatic nitrogens is 1. The standard InChI is InChI=1S/C30H28F2N2O2/c1-36-27-10-7-21(15-26(27)32)20-5-3-19(4-6-20)18-34-14-11-23-25(31)9-8-24(28(23)34)29(35)33-22-16-30(17-22)12-2-13-30/h3-11,14-15,22H,2,12-13,16-18H2,1H3,(H,33,35). The van der Waals surface area contributed by atoms with E-state index in [0.29, 0.717) is 28.4 Å². The van der Waals surface area contributed by atoms with Gasteiger partial charge in [0.1, 0.15) is 5.82 Å². The van der Waals surface area contributed by atoms with E-state index < -0.39 is 5.82 Å². The molecule has 1 spiro atoms. The Morgan fingerprint density at radius 3 is 2.42 bits per heavy atom. The molecule has 6 heteroatoms. The second kappa shape index (κ2) is 8.77. The number of hydrogen-bond donors (Lipinski definition) is 1.